The van der Waals surface area contributed by atoms with E-state index in [0.717, 1.165) is 11.5 Å². The number of hydrogen-bond donors (Lipinski definition) is 1. The smallest absolute Gasteiger partial charge is 0.280 e. The van der Waals surface area contributed by atoms with Crippen LogP contribution in [0.2, 0.25) is 0 Å². The molecule has 1 atom stereocenters. The molecule has 0 aliphatic carbocycles. The SMILES string of the molecule is CC(C)(C)NC(=O)C(c1ccc(F)cc1)N(C(=O)c1csnn1)c1ccc(F)cc1. The van der Waals surface area contributed by atoms with Crippen molar-refractivity contribution in [2.75, 3.05) is 4.90 Å². The maximum absolute atomic E-state index is 13.5. The summed E-state index contributed by atoms with van der Waals surface area (Å²) in [5.41, 5.74) is 0.126. The molecule has 6 nitrogen and oxygen atoms in total. The average Bonchev–Trinajstić information content (AvgIpc) is 3.21. The molecule has 30 heavy (non-hydrogen) atoms. The number of nitrogens with one attached hydrogen (secondary N) is 1. The number of nitrogens with zero attached hydrogens (tertiary/aromatic N) is 3. The lowest BCUT2D eigenvalue weighted by Gasteiger charge is -2.33. The van der Waals surface area contributed by atoms with Gasteiger partial charge in [-0.15, -0.1) is 5.10 Å². The molecule has 3 aromatic rings. The van der Waals surface area contributed by atoms with E-state index in [0.29, 0.717) is 5.56 Å². The van der Waals surface area contributed by atoms with Crippen molar-refractivity contribution in [3.63, 3.8) is 0 Å². The fraction of sp³-hybridized carbons (Fsp3) is 0.238. The minimum atomic E-state index is -1.15. The zero-order chi connectivity index (χ0) is 21.9. The third-order valence-corrected chi connectivity index (χ3v) is 4.60. The summed E-state index contributed by atoms with van der Waals surface area (Å²) in [6.07, 6.45) is 0. The van der Waals surface area contributed by atoms with Crippen molar-refractivity contribution in [3.8, 4) is 0 Å². The Balaban J connectivity index is 2.16. The van der Waals surface area contributed by atoms with Gasteiger partial charge in [0.1, 0.15) is 17.7 Å². The summed E-state index contributed by atoms with van der Waals surface area (Å²) in [6, 6.07) is 9.33. The Bertz CT molecular complexity index is 1020. The number of carbonyl (C=O) groups is 2. The van der Waals surface area contributed by atoms with Crippen LogP contribution >= 0.6 is 11.5 Å². The molecule has 0 saturated heterocycles. The third kappa shape index (κ3) is 5.04. The number of anilines is 1. The molecule has 156 valence electrons. The van der Waals surface area contributed by atoms with Crippen LogP contribution in [0, 0.1) is 11.6 Å². The van der Waals surface area contributed by atoms with Crippen LogP contribution in [-0.4, -0.2) is 26.9 Å². The topological polar surface area (TPSA) is 75.2 Å². The average molecular weight is 430 g/mol. The maximum Gasteiger partial charge on any atom is 0.280 e. The molecule has 1 heterocycles. The van der Waals surface area contributed by atoms with Crippen LogP contribution in [0.1, 0.15) is 42.9 Å². The fourth-order valence-electron chi connectivity index (χ4n) is 2.87. The van der Waals surface area contributed by atoms with Gasteiger partial charge in [-0.2, -0.15) is 0 Å². The van der Waals surface area contributed by atoms with Gasteiger partial charge in [-0.25, -0.2) is 8.78 Å². The van der Waals surface area contributed by atoms with Crippen molar-refractivity contribution in [1.29, 1.82) is 0 Å². The minimum Gasteiger partial charge on any atom is -0.349 e. The molecule has 0 bridgehead atoms. The molecule has 1 aromatic heterocycles. The summed E-state index contributed by atoms with van der Waals surface area (Å²) in [5, 5.41) is 8.14. The van der Waals surface area contributed by atoms with Crippen molar-refractivity contribution in [1.82, 2.24) is 14.9 Å². The van der Waals surface area contributed by atoms with E-state index in [4.69, 9.17) is 0 Å². The largest absolute Gasteiger partial charge is 0.349 e. The van der Waals surface area contributed by atoms with Gasteiger partial charge in [0.05, 0.1) is 0 Å². The molecule has 2 aromatic carbocycles. The second-order valence-corrected chi connectivity index (χ2v) is 8.24. The molecule has 1 N–H and O–H groups in total. The van der Waals surface area contributed by atoms with Crippen molar-refractivity contribution in [2.24, 2.45) is 0 Å². The molecule has 0 aliphatic heterocycles. The van der Waals surface area contributed by atoms with Gasteiger partial charge >= 0.3 is 0 Å². The van der Waals surface area contributed by atoms with Crippen LogP contribution in [0.15, 0.2) is 53.9 Å². The summed E-state index contributed by atoms with van der Waals surface area (Å²) in [7, 11) is 0. The summed E-state index contributed by atoms with van der Waals surface area (Å²) in [6.45, 7) is 5.42. The quantitative estimate of drug-likeness (QED) is 0.661. The van der Waals surface area contributed by atoms with Gasteiger partial charge in [-0.3, -0.25) is 14.5 Å². The highest BCUT2D eigenvalue weighted by Gasteiger charge is 2.35. The molecule has 0 spiro atoms. The monoisotopic (exact) mass is 430 g/mol. The van der Waals surface area contributed by atoms with Gasteiger partial charge in [0.15, 0.2) is 5.69 Å². The highest BCUT2D eigenvalue weighted by molar-refractivity contribution is 7.03. The third-order valence-electron chi connectivity index (χ3n) is 4.09. The van der Waals surface area contributed by atoms with Crippen LogP contribution in [0.3, 0.4) is 0 Å². The predicted molar refractivity (Wildman–Crippen MR) is 110 cm³/mol. The molecular weight excluding hydrogens is 410 g/mol. The number of hydrogen-bond acceptors (Lipinski definition) is 5. The summed E-state index contributed by atoms with van der Waals surface area (Å²) in [4.78, 5) is 27.8. The van der Waals surface area contributed by atoms with Gasteiger partial charge < -0.3 is 5.32 Å². The standard InChI is InChI=1S/C21H20F2N4O2S/c1-21(2,3)24-19(28)18(13-4-6-14(22)7-5-13)27(16-10-8-15(23)9-11-16)20(29)17-12-30-26-25-17/h4-12,18H,1-3H3,(H,24,28). The number of halogens is 2. The first kappa shape index (κ1) is 21.5. The minimum absolute atomic E-state index is 0.0417. The molecule has 0 aliphatic rings. The molecule has 1 unspecified atom stereocenters. The summed E-state index contributed by atoms with van der Waals surface area (Å²) >= 11 is 0.992. The van der Waals surface area contributed by atoms with Gasteiger partial charge in [-0.1, -0.05) is 16.6 Å². The van der Waals surface area contributed by atoms with Crippen molar-refractivity contribution in [2.45, 2.75) is 32.4 Å². The lowest BCUT2D eigenvalue weighted by Crippen LogP contribution is -2.49. The van der Waals surface area contributed by atoms with Crippen LogP contribution < -0.4 is 10.2 Å². The highest BCUT2D eigenvalue weighted by Crippen LogP contribution is 2.30. The van der Waals surface area contributed by atoms with E-state index in [1.807, 2.05) is 0 Å². The Morgan fingerprint density at radius 1 is 1.00 bits per heavy atom. The lowest BCUT2D eigenvalue weighted by atomic mass is 10.0. The molecule has 0 fully saturated rings. The number of rotatable bonds is 5. The molecule has 9 heteroatoms. The zero-order valence-electron chi connectivity index (χ0n) is 16.6. The lowest BCUT2D eigenvalue weighted by molar-refractivity contribution is -0.123. The summed E-state index contributed by atoms with van der Waals surface area (Å²) < 4.78 is 30.8. The first-order valence-electron chi connectivity index (χ1n) is 9.09. The van der Waals surface area contributed by atoms with Gasteiger partial charge in [-0.05, 0) is 74.3 Å². The van der Waals surface area contributed by atoms with Gasteiger partial charge in [0, 0.05) is 16.6 Å². The van der Waals surface area contributed by atoms with Crippen LogP contribution in [0.25, 0.3) is 0 Å². The molecule has 0 radical (unpaired) electrons. The first-order valence-corrected chi connectivity index (χ1v) is 9.93. The zero-order valence-corrected chi connectivity index (χ0v) is 17.4. The Hall–Kier alpha value is -3.20. The molecule has 2 amide bonds. The predicted octanol–water partition coefficient (Wildman–Crippen LogP) is 4.12. The second-order valence-electron chi connectivity index (χ2n) is 7.64. The first-order chi connectivity index (χ1) is 14.2. The number of benzene rings is 2. The normalized spacial score (nSPS) is 12.3. The van der Waals surface area contributed by atoms with E-state index < -0.39 is 35.0 Å². The fourth-order valence-corrected chi connectivity index (χ4v) is 3.30. The van der Waals surface area contributed by atoms with E-state index >= 15 is 0 Å². The van der Waals surface area contributed by atoms with Crippen molar-refractivity contribution < 1.29 is 18.4 Å². The van der Waals surface area contributed by atoms with Gasteiger partial charge in [0.2, 0.25) is 5.91 Å². The Morgan fingerprint density at radius 3 is 2.07 bits per heavy atom. The van der Waals surface area contributed by atoms with E-state index in [9.17, 15) is 18.4 Å². The van der Waals surface area contributed by atoms with Gasteiger partial charge in [0.25, 0.3) is 5.91 Å². The Kier molecular flexibility index (Phi) is 6.21. The second kappa shape index (κ2) is 8.66. The van der Waals surface area contributed by atoms with E-state index in [1.54, 1.807) is 20.8 Å². The number of carbonyl (C=O) groups excluding carboxylic acids is 2. The van der Waals surface area contributed by atoms with Crippen LogP contribution in [0.4, 0.5) is 14.5 Å². The Labute approximate surface area is 176 Å². The van der Waals surface area contributed by atoms with E-state index in [2.05, 4.69) is 14.9 Å². The van der Waals surface area contributed by atoms with Crippen LogP contribution in [-0.2, 0) is 4.79 Å². The summed E-state index contributed by atoms with van der Waals surface area (Å²) in [5.74, 6) is -2.03. The maximum atomic E-state index is 13.5. The van der Waals surface area contributed by atoms with Crippen molar-refractivity contribution >= 4 is 29.0 Å². The van der Waals surface area contributed by atoms with Crippen LogP contribution in [0.5, 0.6) is 0 Å². The van der Waals surface area contributed by atoms with Crippen molar-refractivity contribution in [3.05, 3.63) is 76.8 Å². The van der Waals surface area contributed by atoms with E-state index in [-0.39, 0.29) is 11.4 Å². The molecular formula is C21H20F2N4O2S. The molecule has 0 saturated carbocycles. The Morgan fingerprint density at radius 2 is 1.57 bits per heavy atom. The number of aromatic nitrogens is 2. The number of amides is 2. The highest BCUT2D eigenvalue weighted by atomic mass is 32.1. The molecule has 3 rings (SSSR count). The van der Waals surface area contributed by atoms with E-state index in [1.165, 1.54) is 58.8 Å².